The van der Waals surface area contributed by atoms with Crippen molar-refractivity contribution in [2.45, 2.75) is 20.3 Å². The van der Waals surface area contributed by atoms with Crippen molar-refractivity contribution in [1.29, 1.82) is 0 Å². The van der Waals surface area contributed by atoms with E-state index in [0.29, 0.717) is 0 Å². The predicted octanol–water partition coefficient (Wildman–Crippen LogP) is 2.73. The van der Waals surface area contributed by atoms with Crippen molar-refractivity contribution < 1.29 is 9.18 Å². The van der Waals surface area contributed by atoms with Crippen molar-refractivity contribution in [3.8, 4) is 11.8 Å². The van der Waals surface area contributed by atoms with Gasteiger partial charge in [0.25, 0.3) is 0 Å². The zero-order valence-corrected chi connectivity index (χ0v) is 8.23. The average Bonchev–Trinajstić information content (AvgIpc) is 2.14. The minimum absolute atomic E-state index is 0.0798. The van der Waals surface area contributed by atoms with E-state index in [-0.39, 0.29) is 17.8 Å². The molecule has 0 aromatic heterocycles. The van der Waals surface area contributed by atoms with Crippen LogP contribution < -0.4 is 0 Å². The van der Waals surface area contributed by atoms with Crippen molar-refractivity contribution in [3.05, 3.63) is 35.1 Å². The maximum absolute atomic E-state index is 13.3. The summed E-state index contributed by atoms with van der Waals surface area (Å²) in [6.07, 6.45) is 0.0798. The van der Waals surface area contributed by atoms with Gasteiger partial charge in [0.2, 0.25) is 0 Å². The summed E-state index contributed by atoms with van der Waals surface area (Å²) in [5.74, 6) is 4.50. The highest BCUT2D eigenvalue weighted by Crippen LogP contribution is 2.11. The van der Waals surface area contributed by atoms with Crippen LogP contribution in [0.1, 0.15) is 29.3 Å². The van der Waals surface area contributed by atoms with Gasteiger partial charge in [-0.2, -0.15) is 0 Å². The van der Waals surface area contributed by atoms with E-state index in [0.717, 1.165) is 5.56 Å². The molecule has 1 aromatic carbocycles. The van der Waals surface area contributed by atoms with Crippen LogP contribution in [0.25, 0.3) is 0 Å². The molecular weight excluding hydrogens is 179 g/mol. The molecule has 1 rings (SSSR count). The number of benzene rings is 1. The third kappa shape index (κ3) is 2.43. The normalized spacial score (nSPS) is 9.07. The number of carbonyl (C=O) groups excluding carboxylic acids is 1. The second-order valence-corrected chi connectivity index (χ2v) is 3.01. The smallest absolute Gasteiger partial charge is 0.177 e. The Morgan fingerprint density at radius 1 is 1.50 bits per heavy atom. The van der Waals surface area contributed by atoms with Crippen LogP contribution in [0.2, 0.25) is 0 Å². The number of carbonyl (C=O) groups is 1. The molecule has 0 aliphatic heterocycles. The van der Waals surface area contributed by atoms with E-state index < -0.39 is 5.82 Å². The van der Waals surface area contributed by atoms with Gasteiger partial charge in [-0.25, -0.2) is 4.39 Å². The molecule has 0 unspecified atom stereocenters. The first kappa shape index (κ1) is 10.5. The fraction of sp³-hybridized carbons (Fsp3) is 0.250. The van der Waals surface area contributed by atoms with Crippen LogP contribution in [0.4, 0.5) is 4.39 Å². The molecule has 72 valence electrons. The lowest BCUT2D eigenvalue weighted by molar-refractivity contribution is 0.0994. The fourth-order valence-corrected chi connectivity index (χ4v) is 1.11. The Morgan fingerprint density at radius 3 is 2.79 bits per heavy atom. The first-order valence-corrected chi connectivity index (χ1v) is 4.34. The topological polar surface area (TPSA) is 17.1 Å². The maximum Gasteiger partial charge on any atom is 0.177 e. The molecule has 1 nitrogen and oxygen atoms in total. The Morgan fingerprint density at radius 2 is 2.21 bits per heavy atom. The van der Waals surface area contributed by atoms with Gasteiger partial charge in [-0.05, 0) is 31.5 Å². The second kappa shape index (κ2) is 4.57. The van der Waals surface area contributed by atoms with Gasteiger partial charge in [0, 0.05) is 0 Å². The van der Waals surface area contributed by atoms with Gasteiger partial charge in [0.15, 0.2) is 5.78 Å². The van der Waals surface area contributed by atoms with Crippen LogP contribution in [0.5, 0.6) is 0 Å². The van der Waals surface area contributed by atoms with E-state index in [1.165, 1.54) is 12.1 Å². The third-order valence-electron chi connectivity index (χ3n) is 1.85. The Labute approximate surface area is 82.9 Å². The lowest BCUT2D eigenvalue weighted by atomic mass is 10.1. The number of halogens is 1. The summed E-state index contributed by atoms with van der Waals surface area (Å²) < 4.78 is 13.3. The van der Waals surface area contributed by atoms with Gasteiger partial charge < -0.3 is 0 Å². The van der Waals surface area contributed by atoms with E-state index in [4.69, 9.17) is 0 Å². The highest BCUT2D eigenvalue weighted by molar-refractivity contribution is 5.97. The molecular formula is C12H11FO. The molecule has 14 heavy (non-hydrogen) atoms. The van der Waals surface area contributed by atoms with E-state index in [9.17, 15) is 9.18 Å². The quantitative estimate of drug-likeness (QED) is 0.517. The fourth-order valence-electron chi connectivity index (χ4n) is 1.11. The number of hydrogen-bond donors (Lipinski definition) is 0. The molecule has 0 aliphatic carbocycles. The summed E-state index contributed by atoms with van der Waals surface area (Å²) in [4.78, 5) is 11.4. The van der Waals surface area contributed by atoms with Crippen molar-refractivity contribution in [2.75, 3.05) is 0 Å². The summed E-state index contributed by atoms with van der Waals surface area (Å²) in [7, 11) is 0. The molecule has 0 atom stereocenters. The Balaban J connectivity index is 2.94. The molecule has 0 N–H and O–H groups in total. The maximum atomic E-state index is 13.3. The van der Waals surface area contributed by atoms with Crippen molar-refractivity contribution in [1.82, 2.24) is 0 Å². The van der Waals surface area contributed by atoms with Crippen molar-refractivity contribution >= 4 is 5.78 Å². The van der Waals surface area contributed by atoms with Crippen LogP contribution in [0.15, 0.2) is 18.2 Å². The van der Waals surface area contributed by atoms with Gasteiger partial charge in [0.1, 0.15) is 5.82 Å². The molecule has 0 aliphatic rings. The average molecular weight is 190 g/mol. The number of hydrogen-bond acceptors (Lipinski definition) is 1. The molecule has 0 spiro atoms. The van der Waals surface area contributed by atoms with Gasteiger partial charge in [-0.15, -0.1) is 5.92 Å². The van der Waals surface area contributed by atoms with Crippen LogP contribution in [-0.4, -0.2) is 5.78 Å². The molecule has 0 fully saturated rings. The van der Waals surface area contributed by atoms with Crippen LogP contribution in [-0.2, 0) is 0 Å². The summed E-state index contributed by atoms with van der Waals surface area (Å²) in [6.45, 7) is 3.43. The van der Waals surface area contributed by atoms with Crippen LogP contribution in [0, 0.1) is 24.6 Å². The Hall–Kier alpha value is -1.62. The molecule has 0 radical (unpaired) electrons. The Bertz CT molecular complexity index is 410. The minimum atomic E-state index is -0.465. The van der Waals surface area contributed by atoms with E-state index in [1.807, 2.05) is 0 Å². The molecule has 0 saturated heterocycles. The van der Waals surface area contributed by atoms with Crippen molar-refractivity contribution in [3.63, 3.8) is 0 Å². The number of Topliss-reactive ketones (excluding diaryl/α,β-unsaturated/α-hetero) is 1. The lowest BCUT2D eigenvalue weighted by Crippen LogP contribution is -2.01. The van der Waals surface area contributed by atoms with Gasteiger partial charge >= 0.3 is 0 Å². The molecule has 0 bridgehead atoms. The number of ketones is 1. The highest BCUT2D eigenvalue weighted by Gasteiger charge is 2.09. The van der Waals surface area contributed by atoms with Gasteiger partial charge in [-0.3, -0.25) is 4.79 Å². The molecule has 0 saturated carbocycles. The number of aryl methyl sites for hydroxylation is 1. The van der Waals surface area contributed by atoms with Crippen LogP contribution in [0.3, 0.4) is 0 Å². The van der Waals surface area contributed by atoms with Gasteiger partial charge in [0.05, 0.1) is 12.0 Å². The second-order valence-electron chi connectivity index (χ2n) is 3.01. The summed E-state index contributed by atoms with van der Waals surface area (Å²) in [6, 6.07) is 4.58. The lowest BCUT2D eigenvalue weighted by Gasteiger charge is -2.00. The monoisotopic (exact) mass is 190 g/mol. The molecule has 0 heterocycles. The summed E-state index contributed by atoms with van der Waals surface area (Å²) >= 11 is 0. The largest absolute Gasteiger partial charge is 0.293 e. The number of rotatable bonds is 2. The first-order valence-electron chi connectivity index (χ1n) is 4.34. The zero-order valence-electron chi connectivity index (χ0n) is 8.23. The highest BCUT2D eigenvalue weighted by atomic mass is 19.1. The Kier molecular flexibility index (Phi) is 3.41. The standard InChI is InChI=1S/C12H11FO/c1-3-4-5-12(14)10-7-6-9(2)8-11(10)13/h6-8H,5H2,1-2H3. The molecule has 0 amide bonds. The predicted molar refractivity (Wildman–Crippen MR) is 53.5 cm³/mol. The zero-order chi connectivity index (χ0) is 10.6. The van der Waals surface area contributed by atoms with Crippen LogP contribution >= 0.6 is 0 Å². The summed E-state index contributed by atoms with van der Waals surface area (Å²) in [5.41, 5.74) is 0.930. The molecule has 2 heteroatoms. The summed E-state index contributed by atoms with van der Waals surface area (Å²) in [5, 5.41) is 0. The van der Waals surface area contributed by atoms with E-state index in [2.05, 4.69) is 11.8 Å². The minimum Gasteiger partial charge on any atom is -0.293 e. The molecule has 1 aromatic rings. The third-order valence-corrected chi connectivity index (χ3v) is 1.85. The SMILES string of the molecule is CC#CCC(=O)c1ccc(C)cc1F. The van der Waals surface area contributed by atoms with Gasteiger partial charge in [-0.1, -0.05) is 12.0 Å². The van der Waals surface area contributed by atoms with Crippen molar-refractivity contribution in [2.24, 2.45) is 0 Å². The first-order chi connectivity index (χ1) is 6.65. The van der Waals surface area contributed by atoms with E-state index in [1.54, 1.807) is 19.9 Å². The van der Waals surface area contributed by atoms with E-state index >= 15 is 0 Å².